The van der Waals surface area contributed by atoms with Gasteiger partial charge in [0, 0.05) is 5.57 Å². The van der Waals surface area contributed by atoms with Gasteiger partial charge in [0.05, 0.1) is 0 Å². The predicted octanol–water partition coefficient (Wildman–Crippen LogP) is 3.77. The molecule has 0 bridgehead atoms. The summed E-state index contributed by atoms with van der Waals surface area (Å²) in [4.78, 5) is 10.4. The Labute approximate surface area is 87.0 Å². The van der Waals surface area contributed by atoms with Crippen LogP contribution in [0.25, 0.3) is 0 Å². The Hall–Kier alpha value is -0.790. The van der Waals surface area contributed by atoms with Crippen LogP contribution in [0.15, 0.2) is 11.6 Å². The zero-order valence-corrected chi connectivity index (χ0v) is 9.38. The van der Waals surface area contributed by atoms with Crippen LogP contribution in [-0.2, 0) is 4.79 Å². The number of allylic oxidation sites excluding steroid dienone is 1. The smallest absolute Gasteiger partial charge is 0.330 e. The third-order valence-corrected chi connectivity index (χ3v) is 2.35. The maximum absolute atomic E-state index is 10.4. The molecule has 0 saturated carbocycles. The van der Waals surface area contributed by atoms with Crippen molar-refractivity contribution in [2.45, 2.75) is 58.8 Å². The van der Waals surface area contributed by atoms with Crippen molar-refractivity contribution >= 4 is 5.97 Å². The van der Waals surface area contributed by atoms with Gasteiger partial charge in [-0.05, 0) is 19.8 Å². The molecule has 0 aliphatic heterocycles. The van der Waals surface area contributed by atoms with Gasteiger partial charge in [-0.2, -0.15) is 0 Å². The summed E-state index contributed by atoms with van der Waals surface area (Å²) in [6.45, 7) is 3.86. The first-order valence-electron chi connectivity index (χ1n) is 5.58. The molecule has 0 rings (SSSR count). The van der Waals surface area contributed by atoms with E-state index in [2.05, 4.69) is 6.92 Å². The fraction of sp³-hybridized carbons (Fsp3) is 0.750. The molecule has 1 N–H and O–H groups in total. The summed E-state index contributed by atoms with van der Waals surface area (Å²) in [6.07, 6.45) is 10.3. The van der Waals surface area contributed by atoms with Crippen LogP contribution >= 0.6 is 0 Å². The molecule has 0 atom stereocenters. The van der Waals surface area contributed by atoms with Crippen LogP contribution in [0.2, 0.25) is 0 Å². The van der Waals surface area contributed by atoms with Gasteiger partial charge in [0.25, 0.3) is 0 Å². The molecule has 14 heavy (non-hydrogen) atoms. The van der Waals surface area contributed by atoms with Crippen LogP contribution in [0.3, 0.4) is 0 Å². The second kappa shape index (κ2) is 8.79. The Morgan fingerprint density at radius 2 is 1.71 bits per heavy atom. The Kier molecular flexibility index (Phi) is 8.30. The number of hydrogen-bond donors (Lipinski definition) is 1. The van der Waals surface area contributed by atoms with Gasteiger partial charge < -0.3 is 5.11 Å². The average Bonchev–Trinajstić information content (AvgIpc) is 2.16. The van der Waals surface area contributed by atoms with E-state index >= 15 is 0 Å². The molecule has 0 aliphatic carbocycles. The minimum absolute atomic E-state index is 0.471. The SMILES string of the molecule is CCCCCCCC/C=C(/C)C(=O)O. The Balaban J connectivity index is 3.29. The Morgan fingerprint density at radius 3 is 2.29 bits per heavy atom. The van der Waals surface area contributed by atoms with Crippen molar-refractivity contribution in [3.63, 3.8) is 0 Å². The number of carboxylic acid groups (broad SMARTS) is 1. The summed E-state index contributed by atoms with van der Waals surface area (Å²) >= 11 is 0. The summed E-state index contributed by atoms with van der Waals surface area (Å²) in [5, 5.41) is 8.59. The van der Waals surface area contributed by atoms with Gasteiger partial charge in [0.1, 0.15) is 0 Å². The number of carboxylic acids is 1. The summed E-state index contributed by atoms with van der Waals surface area (Å²) in [5.74, 6) is -0.795. The predicted molar refractivity (Wildman–Crippen MR) is 59.4 cm³/mol. The molecule has 0 spiro atoms. The van der Waals surface area contributed by atoms with Gasteiger partial charge in [0.2, 0.25) is 0 Å². The van der Waals surface area contributed by atoms with Crippen LogP contribution in [-0.4, -0.2) is 11.1 Å². The lowest BCUT2D eigenvalue weighted by Gasteiger charge is -1.98. The number of carbonyl (C=O) groups is 1. The third kappa shape index (κ3) is 7.84. The van der Waals surface area contributed by atoms with E-state index in [1.807, 2.05) is 6.08 Å². The molecule has 0 saturated heterocycles. The highest BCUT2D eigenvalue weighted by Gasteiger charge is 1.97. The molecule has 0 aromatic carbocycles. The van der Waals surface area contributed by atoms with Crippen molar-refractivity contribution in [3.05, 3.63) is 11.6 Å². The highest BCUT2D eigenvalue weighted by molar-refractivity contribution is 5.85. The van der Waals surface area contributed by atoms with Crippen molar-refractivity contribution in [3.8, 4) is 0 Å². The molecule has 0 aromatic rings. The zero-order valence-electron chi connectivity index (χ0n) is 9.38. The fourth-order valence-electron chi connectivity index (χ4n) is 1.33. The third-order valence-electron chi connectivity index (χ3n) is 2.35. The molecular formula is C12H22O2. The second-order valence-electron chi connectivity index (χ2n) is 3.75. The molecule has 82 valence electrons. The normalized spacial score (nSPS) is 11.7. The van der Waals surface area contributed by atoms with Crippen LogP contribution in [0.5, 0.6) is 0 Å². The van der Waals surface area contributed by atoms with Crippen LogP contribution < -0.4 is 0 Å². The molecule has 0 fully saturated rings. The second-order valence-corrected chi connectivity index (χ2v) is 3.75. The van der Waals surface area contributed by atoms with E-state index in [-0.39, 0.29) is 0 Å². The highest BCUT2D eigenvalue weighted by atomic mass is 16.4. The van der Waals surface area contributed by atoms with E-state index in [9.17, 15) is 4.79 Å². The molecule has 0 heterocycles. The molecule has 2 nitrogen and oxygen atoms in total. The van der Waals surface area contributed by atoms with Crippen LogP contribution in [0, 0.1) is 0 Å². The Bertz CT molecular complexity index is 183. The first-order valence-corrected chi connectivity index (χ1v) is 5.58. The number of unbranched alkanes of at least 4 members (excludes halogenated alkanes) is 6. The van der Waals surface area contributed by atoms with E-state index in [1.165, 1.54) is 32.1 Å². The number of rotatable bonds is 8. The molecule has 0 amide bonds. The van der Waals surface area contributed by atoms with Crippen molar-refractivity contribution in [2.24, 2.45) is 0 Å². The Morgan fingerprint density at radius 1 is 1.14 bits per heavy atom. The molecule has 2 heteroatoms. The van der Waals surface area contributed by atoms with Gasteiger partial charge in [-0.3, -0.25) is 0 Å². The first-order chi connectivity index (χ1) is 6.68. The quantitative estimate of drug-likeness (QED) is 0.476. The number of hydrogen-bond acceptors (Lipinski definition) is 1. The van der Waals surface area contributed by atoms with E-state index in [4.69, 9.17) is 5.11 Å². The standard InChI is InChI=1S/C12H22O2/c1-3-4-5-6-7-8-9-10-11(2)12(13)14/h10H,3-9H2,1-2H3,(H,13,14)/b11-10-. The molecule has 0 radical (unpaired) electrons. The van der Waals surface area contributed by atoms with Gasteiger partial charge in [-0.25, -0.2) is 4.79 Å². The molecular weight excluding hydrogens is 176 g/mol. The van der Waals surface area contributed by atoms with Gasteiger partial charge in [-0.1, -0.05) is 45.1 Å². The molecule has 0 unspecified atom stereocenters. The summed E-state index contributed by atoms with van der Waals surface area (Å²) in [7, 11) is 0. The monoisotopic (exact) mass is 198 g/mol. The summed E-state index contributed by atoms with van der Waals surface area (Å²) < 4.78 is 0. The largest absolute Gasteiger partial charge is 0.478 e. The van der Waals surface area contributed by atoms with E-state index in [0.717, 1.165) is 12.8 Å². The van der Waals surface area contributed by atoms with Crippen LogP contribution in [0.1, 0.15) is 58.8 Å². The highest BCUT2D eigenvalue weighted by Crippen LogP contribution is 2.08. The topological polar surface area (TPSA) is 37.3 Å². The summed E-state index contributed by atoms with van der Waals surface area (Å²) in [6, 6.07) is 0. The van der Waals surface area contributed by atoms with Crippen molar-refractivity contribution < 1.29 is 9.90 Å². The van der Waals surface area contributed by atoms with Gasteiger partial charge >= 0.3 is 5.97 Å². The maximum atomic E-state index is 10.4. The minimum atomic E-state index is -0.795. The van der Waals surface area contributed by atoms with Gasteiger partial charge in [0.15, 0.2) is 0 Å². The van der Waals surface area contributed by atoms with E-state index in [0.29, 0.717) is 5.57 Å². The summed E-state index contributed by atoms with van der Waals surface area (Å²) in [5.41, 5.74) is 0.471. The van der Waals surface area contributed by atoms with Crippen molar-refractivity contribution in [1.82, 2.24) is 0 Å². The van der Waals surface area contributed by atoms with Crippen LogP contribution in [0.4, 0.5) is 0 Å². The lowest BCUT2D eigenvalue weighted by molar-refractivity contribution is -0.132. The van der Waals surface area contributed by atoms with Crippen molar-refractivity contribution in [1.29, 1.82) is 0 Å². The van der Waals surface area contributed by atoms with E-state index in [1.54, 1.807) is 6.92 Å². The van der Waals surface area contributed by atoms with E-state index < -0.39 is 5.97 Å². The zero-order chi connectivity index (χ0) is 10.8. The first kappa shape index (κ1) is 13.2. The van der Waals surface area contributed by atoms with Gasteiger partial charge in [-0.15, -0.1) is 0 Å². The molecule has 0 aromatic heterocycles. The lowest BCUT2D eigenvalue weighted by atomic mass is 10.1. The molecule has 0 aliphatic rings. The van der Waals surface area contributed by atoms with Crippen molar-refractivity contribution in [2.75, 3.05) is 0 Å². The number of aliphatic carboxylic acids is 1. The maximum Gasteiger partial charge on any atom is 0.330 e. The minimum Gasteiger partial charge on any atom is -0.478 e. The fourth-order valence-corrected chi connectivity index (χ4v) is 1.33. The average molecular weight is 198 g/mol. The lowest BCUT2D eigenvalue weighted by Crippen LogP contribution is -1.95.